The first-order chi connectivity index (χ1) is 9.62. The SMILES string of the molecule is O=C(O)c1cccc(C2(c3cccc(Br)c3)COC2)c1. The molecular formula is C16H13BrO3. The molecular weight excluding hydrogens is 320 g/mol. The van der Waals surface area contributed by atoms with E-state index in [1.807, 2.05) is 18.2 Å². The van der Waals surface area contributed by atoms with Gasteiger partial charge in [-0.25, -0.2) is 4.79 Å². The zero-order valence-corrected chi connectivity index (χ0v) is 12.3. The van der Waals surface area contributed by atoms with Crippen molar-refractivity contribution in [1.82, 2.24) is 0 Å². The fourth-order valence-corrected chi connectivity index (χ4v) is 2.94. The molecule has 3 rings (SSSR count). The van der Waals surface area contributed by atoms with Crippen LogP contribution in [0.2, 0.25) is 0 Å². The Morgan fingerprint density at radius 1 is 1.10 bits per heavy atom. The molecule has 1 heterocycles. The highest BCUT2D eigenvalue weighted by molar-refractivity contribution is 9.10. The van der Waals surface area contributed by atoms with Gasteiger partial charge in [-0.1, -0.05) is 40.2 Å². The summed E-state index contributed by atoms with van der Waals surface area (Å²) in [6.45, 7) is 1.15. The minimum absolute atomic E-state index is 0.241. The Kier molecular flexibility index (Phi) is 3.36. The van der Waals surface area contributed by atoms with Crippen molar-refractivity contribution in [2.75, 3.05) is 13.2 Å². The normalized spacial score (nSPS) is 16.4. The minimum atomic E-state index is -0.906. The van der Waals surface area contributed by atoms with E-state index >= 15 is 0 Å². The monoisotopic (exact) mass is 332 g/mol. The number of halogens is 1. The van der Waals surface area contributed by atoms with Gasteiger partial charge >= 0.3 is 5.97 Å². The van der Waals surface area contributed by atoms with Gasteiger partial charge in [-0.15, -0.1) is 0 Å². The lowest BCUT2D eigenvalue weighted by atomic mass is 9.72. The Balaban J connectivity index is 2.09. The second-order valence-corrected chi connectivity index (χ2v) is 5.89. The molecule has 0 amide bonds. The number of carbonyl (C=O) groups is 1. The number of rotatable bonds is 3. The van der Waals surface area contributed by atoms with Crippen molar-refractivity contribution < 1.29 is 14.6 Å². The van der Waals surface area contributed by atoms with Gasteiger partial charge in [0.05, 0.1) is 24.2 Å². The van der Waals surface area contributed by atoms with E-state index in [1.54, 1.807) is 18.2 Å². The Morgan fingerprint density at radius 3 is 2.30 bits per heavy atom. The van der Waals surface area contributed by atoms with Crippen molar-refractivity contribution in [1.29, 1.82) is 0 Å². The molecule has 0 atom stereocenters. The van der Waals surface area contributed by atoms with Crippen molar-refractivity contribution in [3.63, 3.8) is 0 Å². The Morgan fingerprint density at radius 2 is 1.75 bits per heavy atom. The zero-order chi connectivity index (χ0) is 14.2. The van der Waals surface area contributed by atoms with Crippen molar-refractivity contribution in [2.24, 2.45) is 0 Å². The van der Waals surface area contributed by atoms with Crippen LogP contribution in [0.4, 0.5) is 0 Å². The lowest BCUT2D eigenvalue weighted by molar-refractivity contribution is -0.0380. The first-order valence-electron chi connectivity index (χ1n) is 6.29. The van der Waals surface area contributed by atoms with Crippen LogP contribution in [0.15, 0.2) is 53.0 Å². The summed E-state index contributed by atoms with van der Waals surface area (Å²) in [5, 5.41) is 9.14. The molecule has 1 aliphatic heterocycles. The molecule has 0 saturated carbocycles. The van der Waals surface area contributed by atoms with E-state index in [0.29, 0.717) is 18.8 Å². The average Bonchev–Trinajstić information content (AvgIpc) is 2.38. The van der Waals surface area contributed by atoms with Gasteiger partial charge in [0.25, 0.3) is 0 Å². The molecule has 102 valence electrons. The predicted molar refractivity (Wildman–Crippen MR) is 79.1 cm³/mol. The summed E-state index contributed by atoms with van der Waals surface area (Å²) in [5.41, 5.74) is 2.20. The van der Waals surface area contributed by atoms with Crippen molar-refractivity contribution in [3.8, 4) is 0 Å². The van der Waals surface area contributed by atoms with Crippen LogP contribution in [0.25, 0.3) is 0 Å². The van der Waals surface area contributed by atoms with E-state index in [2.05, 4.69) is 28.1 Å². The van der Waals surface area contributed by atoms with E-state index in [4.69, 9.17) is 9.84 Å². The van der Waals surface area contributed by atoms with Crippen LogP contribution in [0, 0.1) is 0 Å². The first-order valence-corrected chi connectivity index (χ1v) is 7.09. The molecule has 4 heteroatoms. The largest absolute Gasteiger partial charge is 0.478 e. The summed E-state index contributed by atoms with van der Waals surface area (Å²) in [7, 11) is 0. The Bertz CT molecular complexity index is 662. The molecule has 0 bridgehead atoms. The molecule has 0 radical (unpaired) electrons. The highest BCUT2D eigenvalue weighted by Gasteiger charge is 2.42. The number of hydrogen-bond acceptors (Lipinski definition) is 2. The van der Waals surface area contributed by atoms with Crippen molar-refractivity contribution >= 4 is 21.9 Å². The van der Waals surface area contributed by atoms with E-state index in [0.717, 1.165) is 15.6 Å². The summed E-state index contributed by atoms with van der Waals surface area (Å²) >= 11 is 3.48. The van der Waals surface area contributed by atoms with Gasteiger partial charge in [-0.3, -0.25) is 0 Å². The topological polar surface area (TPSA) is 46.5 Å². The van der Waals surface area contributed by atoms with Crippen LogP contribution in [0.1, 0.15) is 21.5 Å². The van der Waals surface area contributed by atoms with E-state index < -0.39 is 5.97 Å². The zero-order valence-electron chi connectivity index (χ0n) is 10.7. The van der Waals surface area contributed by atoms with Gasteiger partial charge in [0.15, 0.2) is 0 Å². The highest BCUT2D eigenvalue weighted by atomic mass is 79.9. The van der Waals surface area contributed by atoms with Gasteiger partial charge in [0.1, 0.15) is 0 Å². The third-order valence-corrected chi connectivity index (χ3v) is 4.23. The maximum Gasteiger partial charge on any atom is 0.335 e. The molecule has 0 unspecified atom stereocenters. The molecule has 3 nitrogen and oxygen atoms in total. The number of hydrogen-bond donors (Lipinski definition) is 1. The summed E-state index contributed by atoms with van der Waals surface area (Å²) in [4.78, 5) is 11.1. The molecule has 1 fully saturated rings. The first kappa shape index (κ1) is 13.3. The van der Waals surface area contributed by atoms with Gasteiger partial charge < -0.3 is 9.84 Å². The molecule has 1 N–H and O–H groups in total. The van der Waals surface area contributed by atoms with Crippen LogP contribution in [-0.4, -0.2) is 24.3 Å². The molecule has 2 aromatic rings. The fraction of sp³-hybridized carbons (Fsp3) is 0.188. The molecule has 0 spiro atoms. The minimum Gasteiger partial charge on any atom is -0.478 e. The summed E-state index contributed by atoms with van der Waals surface area (Å²) in [6, 6.07) is 15.2. The molecule has 1 saturated heterocycles. The molecule has 1 aliphatic rings. The molecule has 20 heavy (non-hydrogen) atoms. The lowest BCUT2D eigenvalue weighted by Crippen LogP contribution is -2.47. The maximum atomic E-state index is 11.1. The summed E-state index contributed by atoms with van der Waals surface area (Å²) < 4.78 is 6.43. The molecule has 0 aromatic heterocycles. The quantitative estimate of drug-likeness (QED) is 0.936. The predicted octanol–water partition coefficient (Wildman–Crippen LogP) is 3.46. The molecule has 2 aromatic carbocycles. The Hall–Kier alpha value is -1.65. The van der Waals surface area contributed by atoms with Gasteiger partial charge in [-0.2, -0.15) is 0 Å². The summed E-state index contributed by atoms with van der Waals surface area (Å²) in [6.07, 6.45) is 0. The fourth-order valence-electron chi connectivity index (χ4n) is 2.54. The van der Waals surface area contributed by atoms with E-state index in [1.165, 1.54) is 0 Å². The second kappa shape index (κ2) is 5.04. The van der Waals surface area contributed by atoms with Crippen molar-refractivity contribution in [3.05, 3.63) is 69.7 Å². The van der Waals surface area contributed by atoms with E-state index in [9.17, 15) is 4.79 Å². The molecule has 0 aliphatic carbocycles. The number of aromatic carboxylic acids is 1. The summed E-state index contributed by atoms with van der Waals surface area (Å²) in [5.74, 6) is -0.906. The van der Waals surface area contributed by atoms with Crippen molar-refractivity contribution in [2.45, 2.75) is 5.41 Å². The van der Waals surface area contributed by atoms with Crippen LogP contribution >= 0.6 is 15.9 Å². The number of carboxylic acid groups (broad SMARTS) is 1. The highest BCUT2D eigenvalue weighted by Crippen LogP contribution is 2.40. The smallest absolute Gasteiger partial charge is 0.335 e. The number of benzene rings is 2. The van der Waals surface area contributed by atoms with Crippen LogP contribution in [0.5, 0.6) is 0 Å². The second-order valence-electron chi connectivity index (χ2n) is 4.97. The number of carboxylic acids is 1. The third-order valence-electron chi connectivity index (χ3n) is 3.74. The average molecular weight is 333 g/mol. The van der Waals surface area contributed by atoms with Crippen LogP contribution < -0.4 is 0 Å². The van der Waals surface area contributed by atoms with Gasteiger partial charge in [0, 0.05) is 4.47 Å². The van der Waals surface area contributed by atoms with Gasteiger partial charge in [-0.05, 0) is 35.4 Å². The van der Waals surface area contributed by atoms with Gasteiger partial charge in [0.2, 0.25) is 0 Å². The lowest BCUT2D eigenvalue weighted by Gasteiger charge is -2.42. The van der Waals surface area contributed by atoms with Crippen LogP contribution in [0.3, 0.4) is 0 Å². The number of ether oxygens (including phenoxy) is 1. The maximum absolute atomic E-state index is 11.1. The van der Waals surface area contributed by atoms with E-state index in [-0.39, 0.29) is 5.41 Å². The standard InChI is InChI=1S/C16H13BrO3/c17-14-6-2-5-13(8-14)16(9-20-10-16)12-4-1-3-11(7-12)15(18)19/h1-8H,9-10H2,(H,18,19). The third kappa shape index (κ3) is 2.15. The Labute approximate surface area is 125 Å². The van der Waals surface area contributed by atoms with Crippen LogP contribution in [-0.2, 0) is 10.2 Å².